The van der Waals surface area contributed by atoms with Gasteiger partial charge in [0.25, 0.3) is 0 Å². The minimum atomic E-state index is -0.623. The Morgan fingerprint density at radius 3 is 2.00 bits per heavy atom. The summed E-state index contributed by atoms with van der Waals surface area (Å²) < 4.78 is 0. The van der Waals surface area contributed by atoms with E-state index in [1.165, 1.54) is 57.8 Å². The highest BCUT2D eigenvalue weighted by Crippen LogP contribution is 2.13. The summed E-state index contributed by atoms with van der Waals surface area (Å²) in [5.74, 6) is -0.249. The van der Waals surface area contributed by atoms with Gasteiger partial charge in [-0.15, -0.1) is 11.6 Å². The Morgan fingerprint density at radius 2 is 1.42 bits per heavy atom. The maximum absolute atomic E-state index is 12.3. The van der Waals surface area contributed by atoms with E-state index in [1.807, 2.05) is 0 Å². The number of benzene rings is 1. The summed E-state index contributed by atoms with van der Waals surface area (Å²) in [6, 6.07) is 6.03. The molecule has 0 aliphatic rings. The topological polar surface area (TPSA) is 66.4 Å². The van der Waals surface area contributed by atoms with Gasteiger partial charge < -0.3 is 10.4 Å². The van der Waals surface area contributed by atoms with E-state index < -0.39 is 6.04 Å². The van der Waals surface area contributed by atoms with Gasteiger partial charge in [0.2, 0.25) is 5.91 Å². The van der Waals surface area contributed by atoms with Gasteiger partial charge in [0, 0.05) is 6.42 Å². The van der Waals surface area contributed by atoms with E-state index in [-0.39, 0.29) is 23.3 Å². The summed E-state index contributed by atoms with van der Waals surface area (Å²) in [6.45, 7) is 2.25. The Labute approximate surface area is 206 Å². The van der Waals surface area contributed by atoms with Crippen LogP contribution in [0.25, 0.3) is 0 Å². The van der Waals surface area contributed by atoms with Crippen molar-refractivity contribution in [1.82, 2.24) is 5.32 Å². The molecule has 0 spiro atoms. The molecule has 1 atom stereocenters. The Bertz CT molecular complexity index is 672. The molecule has 1 amide bonds. The third-order valence-electron chi connectivity index (χ3n) is 5.90. The number of amides is 1. The number of hydrogen-bond donors (Lipinski definition) is 2. The third-order valence-corrected chi connectivity index (χ3v) is 6.16. The van der Waals surface area contributed by atoms with E-state index in [9.17, 15) is 14.7 Å². The van der Waals surface area contributed by atoms with Crippen LogP contribution < -0.4 is 5.32 Å². The van der Waals surface area contributed by atoms with E-state index in [4.69, 9.17) is 11.6 Å². The van der Waals surface area contributed by atoms with Gasteiger partial charge in [-0.25, -0.2) is 0 Å². The first-order chi connectivity index (χ1) is 16.1. The second-order valence-electron chi connectivity index (χ2n) is 8.92. The summed E-state index contributed by atoms with van der Waals surface area (Å²) in [6.07, 6.45) is 21.3. The lowest BCUT2D eigenvalue weighted by Crippen LogP contribution is -2.43. The van der Waals surface area contributed by atoms with Crippen LogP contribution in [0.2, 0.25) is 0 Å². The number of halogens is 1. The highest BCUT2D eigenvalue weighted by molar-refractivity contribution is 6.28. The van der Waals surface area contributed by atoms with Crippen LogP contribution in [0.1, 0.15) is 102 Å². The molecular formula is C28H44ClNO3. The second-order valence-corrected chi connectivity index (χ2v) is 9.19. The monoisotopic (exact) mass is 477 g/mol. The van der Waals surface area contributed by atoms with Gasteiger partial charge >= 0.3 is 0 Å². The van der Waals surface area contributed by atoms with Crippen LogP contribution in [0.5, 0.6) is 5.75 Å². The van der Waals surface area contributed by atoms with Crippen LogP contribution in [0.3, 0.4) is 0 Å². The van der Waals surface area contributed by atoms with Crippen LogP contribution in [0, 0.1) is 0 Å². The van der Waals surface area contributed by atoms with Crippen LogP contribution in [0.4, 0.5) is 0 Å². The van der Waals surface area contributed by atoms with Crippen molar-refractivity contribution in [3.63, 3.8) is 0 Å². The molecule has 0 aliphatic carbocycles. The van der Waals surface area contributed by atoms with Crippen molar-refractivity contribution < 1.29 is 14.7 Å². The molecule has 0 heterocycles. The lowest BCUT2D eigenvalue weighted by molar-refractivity contribution is -0.126. The maximum Gasteiger partial charge on any atom is 0.220 e. The summed E-state index contributed by atoms with van der Waals surface area (Å²) in [5.41, 5.74) is 0.873. The summed E-state index contributed by atoms with van der Waals surface area (Å²) >= 11 is 5.72. The van der Waals surface area contributed by atoms with Crippen molar-refractivity contribution in [2.45, 2.75) is 109 Å². The molecule has 33 heavy (non-hydrogen) atoms. The van der Waals surface area contributed by atoms with Crippen molar-refractivity contribution in [2.24, 2.45) is 0 Å². The van der Waals surface area contributed by atoms with Gasteiger partial charge in [-0.3, -0.25) is 9.59 Å². The molecular weight excluding hydrogens is 434 g/mol. The van der Waals surface area contributed by atoms with Gasteiger partial charge in [-0.05, 0) is 56.2 Å². The zero-order valence-corrected chi connectivity index (χ0v) is 21.3. The van der Waals surface area contributed by atoms with Gasteiger partial charge in [-0.2, -0.15) is 0 Å². The zero-order chi connectivity index (χ0) is 24.2. The average molecular weight is 478 g/mol. The fourth-order valence-electron chi connectivity index (χ4n) is 3.83. The number of carbonyl (C=O) groups excluding carboxylic acids is 2. The number of rotatable bonds is 20. The highest BCUT2D eigenvalue weighted by atomic mass is 35.5. The van der Waals surface area contributed by atoms with Crippen molar-refractivity contribution in [1.29, 1.82) is 0 Å². The lowest BCUT2D eigenvalue weighted by atomic mass is 10.0. The van der Waals surface area contributed by atoms with E-state index in [2.05, 4.69) is 24.4 Å². The quantitative estimate of drug-likeness (QED) is 0.118. The van der Waals surface area contributed by atoms with Crippen molar-refractivity contribution in [3.05, 3.63) is 42.0 Å². The Hall–Kier alpha value is -1.81. The second kappa shape index (κ2) is 19.6. The Morgan fingerprint density at radius 1 is 0.879 bits per heavy atom. The van der Waals surface area contributed by atoms with Gasteiger partial charge in [0.1, 0.15) is 5.75 Å². The number of alkyl halides is 1. The summed E-state index contributed by atoms with van der Waals surface area (Å²) in [5, 5.41) is 12.2. The first kappa shape index (κ1) is 29.2. The van der Waals surface area contributed by atoms with Crippen molar-refractivity contribution >= 4 is 23.3 Å². The molecule has 0 unspecified atom stereocenters. The molecule has 0 fully saturated rings. The molecule has 1 aromatic carbocycles. The number of phenols is 1. The molecule has 1 aromatic rings. The van der Waals surface area contributed by atoms with Crippen molar-refractivity contribution in [3.8, 4) is 5.75 Å². The number of Topliss-reactive ketones (excluding diaryl/α,β-unsaturated/α-hetero) is 1. The fraction of sp³-hybridized carbons (Fsp3) is 0.643. The van der Waals surface area contributed by atoms with Crippen LogP contribution >= 0.6 is 11.6 Å². The Balaban J connectivity index is 2.09. The molecule has 5 heteroatoms. The largest absolute Gasteiger partial charge is 0.508 e. The number of nitrogens with one attached hydrogen (secondary N) is 1. The smallest absolute Gasteiger partial charge is 0.220 e. The van der Waals surface area contributed by atoms with Crippen LogP contribution in [-0.2, 0) is 16.0 Å². The zero-order valence-electron chi connectivity index (χ0n) is 20.5. The minimum Gasteiger partial charge on any atom is -0.508 e. The van der Waals surface area contributed by atoms with Crippen LogP contribution in [0.15, 0.2) is 36.4 Å². The predicted molar refractivity (Wildman–Crippen MR) is 139 cm³/mol. The molecule has 0 bridgehead atoms. The fourth-order valence-corrected chi connectivity index (χ4v) is 4.02. The summed E-state index contributed by atoms with van der Waals surface area (Å²) in [4.78, 5) is 24.4. The molecule has 186 valence electrons. The molecule has 1 rings (SSSR count). The number of allylic oxidation sites excluding steroid dienone is 2. The normalized spacial score (nSPS) is 12.2. The van der Waals surface area contributed by atoms with Gasteiger partial charge in [-0.1, -0.05) is 82.6 Å². The van der Waals surface area contributed by atoms with Gasteiger partial charge in [0.05, 0.1) is 11.9 Å². The number of phenolic OH excluding ortho intramolecular Hbond substituents is 1. The molecule has 0 aliphatic heterocycles. The van der Waals surface area contributed by atoms with E-state index in [0.717, 1.165) is 31.2 Å². The number of hydrogen-bond acceptors (Lipinski definition) is 3. The average Bonchev–Trinajstić information content (AvgIpc) is 2.82. The summed E-state index contributed by atoms with van der Waals surface area (Å²) in [7, 11) is 0. The molecule has 2 N–H and O–H groups in total. The maximum atomic E-state index is 12.3. The highest BCUT2D eigenvalue weighted by Gasteiger charge is 2.20. The first-order valence-electron chi connectivity index (χ1n) is 12.9. The number of aromatic hydroxyl groups is 1. The number of ketones is 1. The predicted octanol–water partition coefficient (Wildman–Crippen LogP) is 7.26. The van der Waals surface area contributed by atoms with E-state index >= 15 is 0 Å². The number of unbranched alkanes of at least 4 members (excludes halogenated alkanes) is 11. The molecule has 0 saturated carbocycles. The van der Waals surface area contributed by atoms with Crippen LogP contribution in [-0.4, -0.2) is 28.7 Å². The molecule has 0 saturated heterocycles. The molecule has 0 radical (unpaired) electrons. The third kappa shape index (κ3) is 15.6. The molecule has 0 aromatic heterocycles. The SMILES string of the molecule is CCCCCCCC/C=C\CCCCCCCC(=O)N[C@H](Cc1ccc(O)cc1)C(=O)CCl. The van der Waals surface area contributed by atoms with Crippen molar-refractivity contribution in [2.75, 3.05) is 5.88 Å². The minimum absolute atomic E-state index is 0.102. The van der Waals surface area contributed by atoms with Gasteiger partial charge in [0.15, 0.2) is 5.78 Å². The number of carbonyl (C=O) groups is 2. The molecule has 4 nitrogen and oxygen atoms in total. The first-order valence-corrected chi connectivity index (χ1v) is 13.4. The lowest BCUT2D eigenvalue weighted by Gasteiger charge is -2.17. The standard InChI is InChI=1S/C28H44ClNO3/c1-2-3-4-5-6-7-8-9-10-11-12-13-14-15-16-17-28(33)30-26(27(32)23-29)22-24-18-20-25(31)21-19-24/h9-10,18-21,26,31H,2-8,11-17,22-23H2,1H3,(H,30,33)/b10-9-/t26-/m1/s1. The van der Waals surface area contributed by atoms with E-state index in [0.29, 0.717) is 12.8 Å². The van der Waals surface area contributed by atoms with E-state index in [1.54, 1.807) is 24.3 Å². The Kier molecular flexibility index (Phi) is 17.4.